The van der Waals surface area contributed by atoms with Crippen molar-refractivity contribution in [2.45, 2.75) is 25.7 Å². The van der Waals surface area contributed by atoms with Gasteiger partial charge in [0.2, 0.25) is 0 Å². The molecule has 1 aromatic rings. The van der Waals surface area contributed by atoms with Crippen molar-refractivity contribution in [3.05, 3.63) is 39.6 Å². The van der Waals surface area contributed by atoms with Crippen LogP contribution in [0.3, 0.4) is 0 Å². The van der Waals surface area contributed by atoms with Crippen LogP contribution in [0.4, 0.5) is 0 Å². The standard InChI is InChI=1S/C12H12O4/c13-5-8-3-1-2-4-10-11(15)9(6-14)7-16-12(8)10/h5-7,13H,1-4H2/b8-5-. The minimum Gasteiger partial charge on any atom is -0.515 e. The largest absolute Gasteiger partial charge is 0.515 e. The summed E-state index contributed by atoms with van der Waals surface area (Å²) in [5.74, 6) is 0.426. The molecule has 1 N–H and O–H groups in total. The SMILES string of the molecule is O=Cc1coc2c(c1=O)CCCC/C2=C/O. The first kappa shape index (κ1) is 10.7. The zero-order valence-electron chi connectivity index (χ0n) is 8.73. The zero-order valence-corrected chi connectivity index (χ0v) is 8.73. The van der Waals surface area contributed by atoms with E-state index >= 15 is 0 Å². The van der Waals surface area contributed by atoms with E-state index in [1.54, 1.807) is 0 Å². The fourth-order valence-corrected chi connectivity index (χ4v) is 1.96. The molecule has 0 amide bonds. The van der Waals surface area contributed by atoms with Crippen LogP contribution in [0.5, 0.6) is 0 Å². The average Bonchev–Trinajstić information content (AvgIpc) is 2.52. The van der Waals surface area contributed by atoms with E-state index in [4.69, 9.17) is 9.52 Å². The predicted molar refractivity (Wildman–Crippen MR) is 58.5 cm³/mol. The average molecular weight is 220 g/mol. The van der Waals surface area contributed by atoms with E-state index < -0.39 is 0 Å². The smallest absolute Gasteiger partial charge is 0.199 e. The number of fused-ring (bicyclic) bond motifs is 1. The maximum absolute atomic E-state index is 11.9. The maximum Gasteiger partial charge on any atom is 0.199 e. The van der Waals surface area contributed by atoms with Crippen LogP contribution in [0.2, 0.25) is 0 Å². The van der Waals surface area contributed by atoms with Gasteiger partial charge in [-0.05, 0) is 25.7 Å². The van der Waals surface area contributed by atoms with Crippen LogP contribution in [-0.4, -0.2) is 11.4 Å². The third-order valence-electron chi connectivity index (χ3n) is 2.81. The van der Waals surface area contributed by atoms with Crippen LogP contribution in [-0.2, 0) is 6.42 Å². The molecule has 0 radical (unpaired) electrons. The van der Waals surface area contributed by atoms with Crippen LogP contribution >= 0.6 is 0 Å². The van der Waals surface area contributed by atoms with E-state index in [9.17, 15) is 9.59 Å². The van der Waals surface area contributed by atoms with Crippen molar-refractivity contribution in [1.82, 2.24) is 0 Å². The second-order valence-electron chi connectivity index (χ2n) is 3.81. The molecule has 4 heteroatoms. The molecule has 0 aliphatic heterocycles. The van der Waals surface area contributed by atoms with Crippen molar-refractivity contribution in [1.29, 1.82) is 0 Å². The third-order valence-corrected chi connectivity index (χ3v) is 2.81. The lowest BCUT2D eigenvalue weighted by atomic mass is 10.1. The molecule has 0 spiro atoms. The summed E-state index contributed by atoms with van der Waals surface area (Å²) in [6.07, 6.45) is 5.67. The molecule has 0 saturated heterocycles. The number of rotatable bonds is 1. The normalized spacial score (nSPS) is 17.9. The molecule has 0 bridgehead atoms. The number of allylic oxidation sites excluding steroid dienone is 1. The van der Waals surface area contributed by atoms with Crippen molar-refractivity contribution < 1.29 is 14.3 Å². The fraction of sp³-hybridized carbons (Fsp3) is 0.333. The molecule has 16 heavy (non-hydrogen) atoms. The number of hydrogen-bond acceptors (Lipinski definition) is 4. The lowest BCUT2D eigenvalue weighted by Gasteiger charge is -2.05. The Kier molecular flexibility index (Phi) is 2.90. The molecule has 84 valence electrons. The van der Waals surface area contributed by atoms with E-state index in [1.165, 1.54) is 0 Å². The second kappa shape index (κ2) is 4.35. The van der Waals surface area contributed by atoms with E-state index in [0.717, 1.165) is 25.4 Å². The Hall–Kier alpha value is -1.84. The monoisotopic (exact) mass is 220 g/mol. The van der Waals surface area contributed by atoms with E-state index in [2.05, 4.69) is 0 Å². The Balaban J connectivity index is 2.66. The Morgan fingerprint density at radius 1 is 1.31 bits per heavy atom. The minimum absolute atomic E-state index is 0.0398. The second-order valence-corrected chi connectivity index (χ2v) is 3.81. The summed E-state index contributed by atoms with van der Waals surface area (Å²) in [4.78, 5) is 22.5. The molecule has 1 aliphatic carbocycles. The molecule has 0 saturated carbocycles. The summed E-state index contributed by atoms with van der Waals surface area (Å²) in [5.41, 5.74) is 0.889. The van der Waals surface area contributed by atoms with Gasteiger partial charge in [0, 0.05) is 11.1 Å². The summed E-state index contributed by atoms with van der Waals surface area (Å²) in [5, 5.41) is 9.09. The van der Waals surface area contributed by atoms with Gasteiger partial charge in [0.15, 0.2) is 11.7 Å². The number of carbonyl (C=O) groups excluding carboxylic acids is 1. The highest BCUT2D eigenvalue weighted by Crippen LogP contribution is 2.27. The van der Waals surface area contributed by atoms with E-state index in [0.29, 0.717) is 36.0 Å². The molecule has 0 unspecified atom stereocenters. The number of aliphatic hydroxyl groups excluding tert-OH is 1. The lowest BCUT2D eigenvalue weighted by molar-refractivity contribution is 0.112. The summed E-state index contributed by atoms with van der Waals surface area (Å²) < 4.78 is 5.28. The quantitative estimate of drug-likeness (QED) is 0.447. The Labute approximate surface area is 92.2 Å². The molecule has 0 fully saturated rings. The number of aldehydes is 1. The van der Waals surface area contributed by atoms with Gasteiger partial charge < -0.3 is 9.52 Å². The van der Waals surface area contributed by atoms with Crippen molar-refractivity contribution in [2.24, 2.45) is 0 Å². The first-order valence-corrected chi connectivity index (χ1v) is 5.21. The molecule has 1 heterocycles. The first-order chi connectivity index (χ1) is 7.77. The van der Waals surface area contributed by atoms with Gasteiger partial charge in [-0.1, -0.05) is 0 Å². The van der Waals surface area contributed by atoms with Crippen molar-refractivity contribution in [2.75, 3.05) is 0 Å². The van der Waals surface area contributed by atoms with Gasteiger partial charge >= 0.3 is 0 Å². The molecule has 0 aromatic carbocycles. The van der Waals surface area contributed by atoms with Gasteiger partial charge in [-0.2, -0.15) is 0 Å². The summed E-state index contributed by atoms with van der Waals surface area (Å²) >= 11 is 0. The maximum atomic E-state index is 11.9. The number of carbonyl (C=O) groups is 1. The van der Waals surface area contributed by atoms with Crippen molar-refractivity contribution >= 4 is 11.9 Å². The van der Waals surface area contributed by atoms with Crippen LogP contribution in [0.25, 0.3) is 5.57 Å². The Morgan fingerprint density at radius 2 is 2.06 bits per heavy atom. The van der Waals surface area contributed by atoms with Gasteiger partial charge in [-0.15, -0.1) is 0 Å². The molecular formula is C12H12O4. The summed E-state index contributed by atoms with van der Waals surface area (Å²) in [7, 11) is 0. The van der Waals surface area contributed by atoms with Gasteiger partial charge in [-0.25, -0.2) is 0 Å². The Morgan fingerprint density at radius 3 is 2.75 bits per heavy atom. The van der Waals surface area contributed by atoms with Crippen LogP contribution < -0.4 is 5.43 Å². The molecule has 0 atom stereocenters. The van der Waals surface area contributed by atoms with Crippen LogP contribution in [0, 0.1) is 0 Å². The van der Waals surface area contributed by atoms with Crippen molar-refractivity contribution in [3.63, 3.8) is 0 Å². The lowest BCUT2D eigenvalue weighted by Crippen LogP contribution is -2.15. The third kappa shape index (κ3) is 1.66. The molecule has 4 nitrogen and oxygen atoms in total. The highest BCUT2D eigenvalue weighted by molar-refractivity contribution is 5.75. The van der Waals surface area contributed by atoms with E-state index in [1.807, 2.05) is 0 Å². The van der Waals surface area contributed by atoms with Gasteiger partial charge in [0.05, 0.1) is 11.8 Å². The predicted octanol–water partition coefficient (Wildman–Crippen LogP) is 2.08. The van der Waals surface area contributed by atoms with Crippen LogP contribution in [0.1, 0.15) is 40.9 Å². The zero-order chi connectivity index (χ0) is 11.5. The van der Waals surface area contributed by atoms with Gasteiger partial charge in [0.25, 0.3) is 0 Å². The highest BCUT2D eigenvalue weighted by Gasteiger charge is 2.19. The van der Waals surface area contributed by atoms with Crippen molar-refractivity contribution in [3.8, 4) is 0 Å². The topological polar surface area (TPSA) is 67.5 Å². The summed E-state index contributed by atoms with van der Waals surface area (Å²) in [6.45, 7) is 0. The summed E-state index contributed by atoms with van der Waals surface area (Å²) in [6, 6.07) is 0. The van der Waals surface area contributed by atoms with Gasteiger partial charge in [-0.3, -0.25) is 9.59 Å². The molecule has 2 rings (SSSR count). The van der Waals surface area contributed by atoms with E-state index in [-0.39, 0.29) is 11.0 Å². The number of hydrogen-bond donors (Lipinski definition) is 1. The van der Waals surface area contributed by atoms with Crippen LogP contribution in [0.15, 0.2) is 21.7 Å². The molecule has 1 aliphatic rings. The Bertz CT molecular complexity index is 496. The number of aliphatic hydroxyl groups is 1. The van der Waals surface area contributed by atoms with Gasteiger partial charge in [0.1, 0.15) is 12.0 Å². The molecule has 1 aromatic heterocycles. The first-order valence-electron chi connectivity index (χ1n) is 5.21. The minimum atomic E-state index is -0.280. The fourth-order valence-electron chi connectivity index (χ4n) is 1.96. The molecular weight excluding hydrogens is 208 g/mol. The highest BCUT2D eigenvalue weighted by atomic mass is 16.3.